The van der Waals surface area contributed by atoms with Gasteiger partial charge in [-0.1, -0.05) is 6.07 Å². The predicted molar refractivity (Wildman–Crippen MR) is 64.0 cm³/mol. The van der Waals surface area contributed by atoms with Crippen molar-refractivity contribution >= 4 is 22.7 Å². The molecule has 0 saturated heterocycles. The van der Waals surface area contributed by atoms with E-state index in [9.17, 15) is 14.7 Å². The Morgan fingerprint density at radius 1 is 1.00 bits per heavy atom. The molecule has 0 radical (unpaired) electrons. The Morgan fingerprint density at radius 2 is 1.68 bits per heavy atom. The molecule has 0 amide bonds. The van der Waals surface area contributed by atoms with E-state index in [4.69, 9.17) is 14.6 Å². The van der Waals surface area contributed by atoms with Gasteiger partial charge in [-0.2, -0.15) is 0 Å². The van der Waals surface area contributed by atoms with Gasteiger partial charge in [-0.25, -0.2) is 9.59 Å². The van der Waals surface area contributed by atoms with E-state index in [0.717, 1.165) is 0 Å². The Bertz CT molecular complexity index is 719. The molecule has 1 aliphatic heterocycles. The Hall–Kier alpha value is -2.76. The molecule has 19 heavy (non-hydrogen) atoms. The van der Waals surface area contributed by atoms with Crippen LogP contribution in [0.2, 0.25) is 0 Å². The van der Waals surface area contributed by atoms with Crippen LogP contribution in [0.4, 0.5) is 0 Å². The average molecular weight is 260 g/mol. The Kier molecular flexibility index (Phi) is 2.31. The molecule has 0 atom stereocenters. The normalized spacial score (nSPS) is 12.6. The molecule has 0 spiro atoms. The standard InChI is InChI=1S/C13H8O6/c14-12(15)7-2-1-6-3-9-10(19-5-18-9)4-8(6)11(7)13(16)17/h1-4H,5H2,(H,14,15)(H,16,17). The highest BCUT2D eigenvalue weighted by Crippen LogP contribution is 2.37. The second kappa shape index (κ2) is 3.88. The van der Waals surface area contributed by atoms with Crippen molar-refractivity contribution in [2.45, 2.75) is 0 Å². The third-order valence-electron chi connectivity index (χ3n) is 2.96. The summed E-state index contributed by atoms with van der Waals surface area (Å²) in [5.74, 6) is -1.64. The molecule has 1 heterocycles. The first-order valence-electron chi connectivity index (χ1n) is 5.41. The van der Waals surface area contributed by atoms with Crippen molar-refractivity contribution in [1.29, 1.82) is 0 Å². The van der Waals surface area contributed by atoms with Crippen LogP contribution in [0.1, 0.15) is 20.7 Å². The number of hydrogen-bond acceptors (Lipinski definition) is 4. The molecule has 3 rings (SSSR count). The molecule has 2 aromatic carbocycles. The molecule has 1 aliphatic rings. The molecule has 0 bridgehead atoms. The summed E-state index contributed by atoms with van der Waals surface area (Å²) in [6, 6.07) is 5.95. The summed E-state index contributed by atoms with van der Waals surface area (Å²) in [6.45, 7) is 0.0693. The fourth-order valence-corrected chi connectivity index (χ4v) is 2.12. The molecular weight excluding hydrogens is 252 g/mol. The zero-order valence-electron chi connectivity index (χ0n) is 9.54. The van der Waals surface area contributed by atoms with Gasteiger partial charge in [-0.15, -0.1) is 0 Å². The molecule has 0 aliphatic carbocycles. The van der Waals surface area contributed by atoms with Crippen molar-refractivity contribution < 1.29 is 29.3 Å². The largest absolute Gasteiger partial charge is 0.478 e. The second-order valence-corrected chi connectivity index (χ2v) is 4.03. The van der Waals surface area contributed by atoms with E-state index in [0.29, 0.717) is 22.3 Å². The maximum Gasteiger partial charge on any atom is 0.337 e. The van der Waals surface area contributed by atoms with Gasteiger partial charge in [-0.05, 0) is 23.6 Å². The number of ether oxygens (including phenoxy) is 2. The van der Waals surface area contributed by atoms with Crippen molar-refractivity contribution in [2.24, 2.45) is 0 Å². The van der Waals surface area contributed by atoms with E-state index in [1.54, 1.807) is 12.1 Å². The third kappa shape index (κ3) is 1.65. The summed E-state index contributed by atoms with van der Waals surface area (Å²) < 4.78 is 10.4. The highest BCUT2D eigenvalue weighted by atomic mass is 16.7. The first-order chi connectivity index (χ1) is 9.08. The quantitative estimate of drug-likeness (QED) is 0.857. The van der Waals surface area contributed by atoms with Gasteiger partial charge in [0.1, 0.15) is 0 Å². The molecule has 6 heteroatoms. The Balaban J connectivity index is 2.39. The lowest BCUT2D eigenvalue weighted by Crippen LogP contribution is -2.08. The number of hydrogen-bond donors (Lipinski definition) is 2. The van der Waals surface area contributed by atoms with Crippen molar-refractivity contribution in [1.82, 2.24) is 0 Å². The van der Waals surface area contributed by atoms with Gasteiger partial charge in [0.05, 0.1) is 11.1 Å². The van der Waals surface area contributed by atoms with E-state index in [1.165, 1.54) is 12.1 Å². The maximum atomic E-state index is 11.3. The Labute approximate surface area is 106 Å². The summed E-state index contributed by atoms with van der Waals surface area (Å²) in [5, 5.41) is 19.2. The molecule has 2 aromatic rings. The lowest BCUT2D eigenvalue weighted by molar-refractivity contribution is 0.0653. The molecule has 0 fully saturated rings. The van der Waals surface area contributed by atoms with Crippen LogP contribution in [0, 0.1) is 0 Å². The number of carbonyl (C=O) groups is 2. The number of rotatable bonds is 2. The molecule has 0 unspecified atom stereocenters. The van der Waals surface area contributed by atoms with Crippen LogP contribution in [-0.4, -0.2) is 28.9 Å². The fourth-order valence-electron chi connectivity index (χ4n) is 2.12. The minimum Gasteiger partial charge on any atom is -0.478 e. The van der Waals surface area contributed by atoms with Crippen molar-refractivity contribution in [3.63, 3.8) is 0 Å². The monoisotopic (exact) mass is 260 g/mol. The van der Waals surface area contributed by atoms with E-state index in [-0.39, 0.29) is 17.9 Å². The topological polar surface area (TPSA) is 93.1 Å². The zero-order valence-corrected chi connectivity index (χ0v) is 9.54. The van der Waals surface area contributed by atoms with Gasteiger partial charge < -0.3 is 19.7 Å². The van der Waals surface area contributed by atoms with Crippen LogP contribution in [-0.2, 0) is 0 Å². The van der Waals surface area contributed by atoms with Gasteiger partial charge in [0.15, 0.2) is 11.5 Å². The number of aromatic carboxylic acids is 2. The minimum absolute atomic E-state index is 0.0693. The fraction of sp³-hybridized carbons (Fsp3) is 0.0769. The van der Waals surface area contributed by atoms with Gasteiger partial charge in [0, 0.05) is 5.39 Å². The lowest BCUT2D eigenvalue weighted by Gasteiger charge is -2.07. The van der Waals surface area contributed by atoms with Crippen LogP contribution in [0.25, 0.3) is 10.8 Å². The Morgan fingerprint density at radius 3 is 2.32 bits per heavy atom. The van der Waals surface area contributed by atoms with E-state index >= 15 is 0 Å². The summed E-state index contributed by atoms with van der Waals surface area (Å²) in [7, 11) is 0. The van der Waals surface area contributed by atoms with Gasteiger partial charge in [0.2, 0.25) is 6.79 Å². The van der Waals surface area contributed by atoms with Gasteiger partial charge >= 0.3 is 11.9 Å². The van der Waals surface area contributed by atoms with Crippen LogP contribution >= 0.6 is 0 Å². The number of carboxylic acid groups (broad SMARTS) is 2. The summed E-state index contributed by atoms with van der Waals surface area (Å²) in [6.07, 6.45) is 0. The first-order valence-corrected chi connectivity index (χ1v) is 5.41. The SMILES string of the molecule is O=C(O)c1ccc2cc3c(cc2c1C(=O)O)OCO3. The lowest BCUT2D eigenvalue weighted by atomic mass is 9.98. The molecule has 2 N–H and O–H groups in total. The van der Waals surface area contributed by atoms with Crippen molar-refractivity contribution in [3.05, 3.63) is 35.4 Å². The first kappa shape index (κ1) is 11.3. The van der Waals surface area contributed by atoms with E-state index in [2.05, 4.69) is 0 Å². The third-order valence-corrected chi connectivity index (χ3v) is 2.96. The average Bonchev–Trinajstić information content (AvgIpc) is 2.81. The summed E-state index contributed by atoms with van der Waals surface area (Å²) in [5.41, 5.74) is -0.498. The summed E-state index contributed by atoms with van der Waals surface area (Å²) >= 11 is 0. The minimum atomic E-state index is -1.29. The highest BCUT2D eigenvalue weighted by Gasteiger charge is 2.22. The predicted octanol–water partition coefficient (Wildman–Crippen LogP) is 1.96. The smallest absolute Gasteiger partial charge is 0.337 e. The number of fused-ring (bicyclic) bond motifs is 2. The molecule has 6 nitrogen and oxygen atoms in total. The van der Waals surface area contributed by atoms with Crippen LogP contribution < -0.4 is 9.47 Å². The highest BCUT2D eigenvalue weighted by molar-refractivity contribution is 6.12. The van der Waals surface area contributed by atoms with Crippen LogP contribution in [0.15, 0.2) is 24.3 Å². The molecular formula is C13H8O6. The zero-order chi connectivity index (χ0) is 13.6. The van der Waals surface area contributed by atoms with Gasteiger partial charge in [0.25, 0.3) is 0 Å². The number of benzene rings is 2. The van der Waals surface area contributed by atoms with E-state index in [1.807, 2.05) is 0 Å². The van der Waals surface area contributed by atoms with Crippen molar-refractivity contribution in [3.8, 4) is 11.5 Å². The summed E-state index contributed by atoms with van der Waals surface area (Å²) in [4.78, 5) is 22.4. The van der Waals surface area contributed by atoms with E-state index < -0.39 is 11.9 Å². The molecule has 0 saturated carbocycles. The van der Waals surface area contributed by atoms with Crippen LogP contribution in [0.3, 0.4) is 0 Å². The molecule has 96 valence electrons. The van der Waals surface area contributed by atoms with Gasteiger partial charge in [-0.3, -0.25) is 0 Å². The second-order valence-electron chi connectivity index (χ2n) is 4.03. The van der Waals surface area contributed by atoms with Crippen LogP contribution in [0.5, 0.6) is 11.5 Å². The number of carboxylic acids is 2. The maximum absolute atomic E-state index is 11.3. The molecule has 0 aromatic heterocycles. The van der Waals surface area contributed by atoms with Crippen molar-refractivity contribution in [2.75, 3.05) is 6.79 Å².